The van der Waals surface area contributed by atoms with Crippen LogP contribution in [0.15, 0.2) is 36.4 Å². The van der Waals surface area contributed by atoms with Gasteiger partial charge in [-0.3, -0.25) is 9.59 Å². The number of rotatable bonds is 5. The molecule has 1 aromatic heterocycles. The standard InChI is InChI=1S/C33H43N5O7/c1-5-22-28(35-24-15-12-11-14-23(24)34-22)44-21-17-26-27(39)37-33(30(41)42)18-20(33)13-9-7-6-8-10-16-25(29(40)38(26)19-21)36-31(43)45-32(2,3)4/h9,11-15,20-21,25-26H,5-8,10,16-19H2,1-4H3,(H,36,43)(H,37,39)(H,41,42)/b13-9-/t20-,21+,25-,26-,33+/m0/s1. The minimum absolute atomic E-state index is 0.0461. The zero-order valence-corrected chi connectivity index (χ0v) is 26.4. The van der Waals surface area contributed by atoms with E-state index in [-0.39, 0.29) is 25.3 Å². The number of fused-ring (bicyclic) bond motifs is 3. The van der Waals surface area contributed by atoms with E-state index in [1.54, 1.807) is 20.8 Å². The number of allylic oxidation sites excluding steroid dienone is 1. The number of nitrogens with one attached hydrogen (secondary N) is 2. The molecule has 1 saturated heterocycles. The summed E-state index contributed by atoms with van der Waals surface area (Å²) >= 11 is 0. The van der Waals surface area contributed by atoms with Crippen LogP contribution in [0.1, 0.15) is 78.3 Å². The Morgan fingerprint density at radius 1 is 1.13 bits per heavy atom. The van der Waals surface area contributed by atoms with E-state index in [2.05, 4.69) is 15.6 Å². The van der Waals surface area contributed by atoms with Gasteiger partial charge in [0.25, 0.3) is 0 Å². The molecule has 2 fully saturated rings. The summed E-state index contributed by atoms with van der Waals surface area (Å²) < 4.78 is 11.8. The second-order valence-electron chi connectivity index (χ2n) is 13.1. The first-order valence-electron chi connectivity index (χ1n) is 15.8. The van der Waals surface area contributed by atoms with Crippen LogP contribution in [0.4, 0.5) is 4.79 Å². The van der Waals surface area contributed by atoms with Crippen molar-refractivity contribution in [1.29, 1.82) is 0 Å². The van der Waals surface area contributed by atoms with E-state index in [4.69, 9.17) is 14.5 Å². The van der Waals surface area contributed by atoms with Crippen LogP contribution in [0.5, 0.6) is 5.88 Å². The quantitative estimate of drug-likeness (QED) is 0.421. The minimum atomic E-state index is -1.42. The molecule has 12 nitrogen and oxygen atoms in total. The van der Waals surface area contributed by atoms with E-state index < -0.39 is 53.2 Å². The molecule has 242 valence electrons. The number of hydrogen-bond donors (Lipinski definition) is 3. The molecule has 2 aromatic rings. The fourth-order valence-electron chi connectivity index (χ4n) is 6.10. The largest absolute Gasteiger partial charge is 0.479 e. The van der Waals surface area contributed by atoms with Crippen LogP contribution >= 0.6 is 0 Å². The highest BCUT2D eigenvalue weighted by Crippen LogP contribution is 2.45. The molecule has 45 heavy (non-hydrogen) atoms. The maximum Gasteiger partial charge on any atom is 0.408 e. The third kappa shape index (κ3) is 7.37. The zero-order chi connectivity index (χ0) is 32.4. The highest BCUT2D eigenvalue weighted by Gasteiger charge is 2.61. The van der Waals surface area contributed by atoms with Gasteiger partial charge in [0.2, 0.25) is 17.7 Å². The van der Waals surface area contributed by atoms with Gasteiger partial charge in [-0.05, 0) is 65.0 Å². The molecule has 0 unspecified atom stereocenters. The molecule has 3 amide bonds. The normalized spacial score (nSPS) is 28.1. The molecule has 0 bridgehead atoms. The summed E-state index contributed by atoms with van der Waals surface area (Å²) in [7, 11) is 0. The number of carbonyl (C=O) groups is 4. The van der Waals surface area contributed by atoms with Crippen LogP contribution in [-0.4, -0.2) is 79.7 Å². The number of aliphatic carboxylic acids is 1. The maximum atomic E-state index is 14.2. The number of nitrogens with zero attached hydrogens (tertiary/aromatic N) is 3. The van der Waals surface area contributed by atoms with Gasteiger partial charge in [0.15, 0.2) is 0 Å². The van der Waals surface area contributed by atoms with Crippen molar-refractivity contribution >= 4 is 34.9 Å². The number of benzene rings is 1. The van der Waals surface area contributed by atoms with Crippen molar-refractivity contribution in [1.82, 2.24) is 25.5 Å². The molecule has 1 aromatic carbocycles. The molecule has 12 heteroatoms. The van der Waals surface area contributed by atoms with E-state index >= 15 is 0 Å². The fraction of sp³-hybridized carbons (Fsp3) is 0.576. The number of ether oxygens (including phenoxy) is 2. The van der Waals surface area contributed by atoms with Crippen molar-refractivity contribution in [3.05, 3.63) is 42.1 Å². The number of alkyl carbamates (subject to hydrolysis) is 1. The number of aryl methyl sites for hydroxylation is 1. The maximum absolute atomic E-state index is 14.2. The van der Waals surface area contributed by atoms with Crippen LogP contribution in [0.2, 0.25) is 0 Å². The van der Waals surface area contributed by atoms with Crippen molar-refractivity contribution < 1.29 is 33.8 Å². The van der Waals surface area contributed by atoms with Gasteiger partial charge >= 0.3 is 12.1 Å². The average molecular weight is 622 g/mol. The topological polar surface area (TPSA) is 160 Å². The first-order chi connectivity index (χ1) is 21.4. The third-order valence-electron chi connectivity index (χ3n) is 8.53. The molecule has 2 aliphatic heterocycles. The van der Waals surface area contributed by atoms with Crippen molar-refractivity contribution in [3.63, 3.8) is 0 Å². The summed E-state index contributed by atoms with van der Waals surface area (Å²) in [5.74, 6) is -2.13. The minimum Gasteiger partial charge on any atom is -0.479 e. The van der Waals surface area contributed by atoms with Gasteiger partial charge < -0.3 is 30.1 Å². The van der Waals surface area contributed by atoms with Crippen molar-refractivity contribution in [2.75, 3.05) is 6.54 Å². The van der Waals surface area contributed by atoms with Crippen LogP contribution in [0.25, 0.3) is 11.0 Å². The molecule has 3 aliphatic rings. The number of amides is 3. The van der Waals surface area contributed by atoms with Crippen LogP contribution < -0.4 is 15.4 Å². The van der Waals surface area contributed by atoms with Crippen LogP contribution in [0, 0.1) is 5.92 Å². The molecule has 1 aliphatic carbocycles. The van der Waals surface area contributed by atoms with Gasteiger partial charge in [0.05, 0.1) is 17.6 Å². The van der Waals surface area contributed by atoms with Gasteiger partial charge in [0.1, 0.15) is 35.0 Å². The van der Waals surface area contributed by atoms with Gasteiger partial charge in [-0.1, -0.05) is 44.1 Å². The van der Waals surface area contributed by atoms with E-state index in [0.717, 1.165) is 24.8 Å². The number of aromatic nitrogens is 2. The first-order valence-corrected chi connectivity index (χ1v) is 15.8. The highest BCUT2D eigenvalue weighted by atomic mass is 16.6. The molecule has 0 radical (unpaired) electrons. The summed E-state index contributed by atoms with van der Waals surface area (Å²) in [5, 5.41) is 15.6. The lowest BCUT2D eigenvalue weighted by atomic mass is 10.0. The number of hydrogen-bond acceptors (Lipinski definition) is 8. The van der Waals surface area contributed by atoms with E-state index in [1.165, 1.54) is 4.90 Å². The first kappa shape index (κ1) is 32.2. The molecular weight excluding hydrogens is 578 g/mol. The summed E-state index contributed by atoms with van der Waals surface area (Å²) in [4.78, 5) is 64.0. The fourth-order valence-corrected chi connectivity index (χ4v) is 6.10. The Morgan fingerprint density at radius 2 is 1.87 bits per heavy atom. The number of carbonyl (C=O) groups excluding carboxylic acids is 3. The SMILES string of the molecule is CCc1nc2ccccc2nc1O[C@@H]1C[C@H]2C(=O)N[C@]3(C(=O)O)C[C@@H]3/C=C\CCCCC[C@H](NC(=O)OC(C)(C)C)C(=O)N2C1. The molecule has 3 N–H and O–H groups in total. The molecule has 3 heterocycles. The van der Waals surface area contributed by atoms with E-state index in [9.17, 15) is 24.3 Å². The zero-order valence-electron chi connectivity index (χ0n) is 26.4. The Kier molecular flexibility index (Phi) is 9.31. The smallest absolute Gasteiger partial charge is 0.408 e. The molecular formula is C33H43N5O7. The van der Waals surface area contributed by atoms with Gasteiger partial charge in [0, 0.05) is 12.3 Å². The van der Waals surface area contributed by atoms with Crippen molar-refractivity contribution in [2.24, 2.45) is 5.92 Å². The number of carboxylic acids is 1. The predicted molar refractivity (Wildman–Crippen MR) is 165 cm³/mol. The Hall–Kier alpha value is -4.22. The summed E-state index contributed by atoms with van der Waals surface area (Å²) in [6.07, 6.45) is 6.87. The monoisotopic (exact) mass is 621 g/mol. The van der Waals surface area contributed by atoms with Gasteiger partial charge in [-0.2, -0.15) is 0 Å². The lowest BCUT2D eigenvalue weighted by molar-refractivity contribution is -0.145. The molecule has 1 saturated carbocycles. The highest BCUT2D eigenvalue weighted by molar-refractivity contribution is 5.96. The Morgan fingerprint density at radius 3 is 2.56 bits per heavy atom. The Labute approximate surface area is 262 Å². The predicted octanol–water partition coefficient (Wildman–Crippen LogP) is 3.91. The molecule has 0 spiro atoms. The van der Waals surface area contributed by atoms with Crippen LogP contribution in [-0.2, 0) is 25.5 Å². The Bertz CT molecular complexity index is 1490. The number of para-hydroxylation sites is 2. The average Bonchev–Trinajstić information content (AvgIpc) is 3.51. The lowest BCUT2D eigenvalue weighted by Gasteiger charge is -2.30. The van der Waals surface area contributed by atoms with Gasteiger partial charge in [-0.15, -0.1) is 0 Å². The second-order valence-corrected chi connectivity index (χ2v) is 13.1. The molecule has 5 atom stereocenters. The third-order valence-corrected chi connectivity index (χ3v) is 8.53. The van der Waals surface area contributed by atoms with Gasteiger partial charge in [-0.25, -0.2) is 19.6 Å². The summed E-state index contributed by atoms with van der Waals surface area (Å²) in [6, 6.07) is 5.49. The van der Waals surface area contributed by atoms with Crippen molar-refractivity contribution in [3.8, 4) is 5.88 Å². The van der Waals surface area contributed by atoms with Crippen LogP contribution in [0.3, 0.4) is 0 Å². The van der Waals surface area contributed by atoms with E-state index in [0.29, 0.717) is 36.4 Å². The lowest BCUT2D eigenvalue weighted by Crippen LogP contribution is -2.56. The second kappa shape index (κ2) is 13.0. The summed E-state index contributed by atoms with van der Waals surface area (Å²) in [6.45, 7) is 7.21. The molecule has 5 rings (SSSR count). The Balaban J connectivity index is 1.45. The summed E-state index contributed by atoms with van der Waals surface area (Å²) in [5.41, 5.74) is -0.147. The van der Waals surface area contributed by atoms with E-state index in [1.807, 2.05) is 43.3 Å². The van der Waals surface area contributed by atoms with Crippen molar-refractivity contribution in [2.45, 2.75) is 108 Å². The number of carboxylic acid groups (broad SMARTS) is 1.